The summed E-state index contributed by atoms with van der Waals surface area (Å²) in [5, 5.41) is 2.97. The Morgan fingerprint density at radius 1 is 1.00 bits per heavy atom. The van der Waals surface area contributed by atoms with Gasteiger partial charge in [-0.1, -0.05) is 100 Å². The number of hydrogen-bond donors (Lipinski definition) is 0. The number of benzene rings is 2. The second-order valence-corrected chi connectivity index (χ2v) is 13.7. The average molecular weight is 589 g/mol. The van der Waals surface area contributed by atoms with Gasteiger partial charge in [-0.3, -0.25) is 24.2 Å². The van der Waals surface area contributed by atoms with Crippen molar-refractivity contribution in [2.75, 3.05) is 6.54 Å². The van der Waals surface area contributed by atoms with E-state index >= 15 is 0 Å². The molecule has 3 amide bonds. The molecular weight excluding hydrogens is 548 g/mol. The highest BCUT2D eigenvalue weighted by atomic mass is 32.2. The monoisotopic (exact) mass is 588 g/mol. The van der Waals surface area contributed by atoms with Crippen molar-refractivity contribution in [3.8, 4) is 0 Å². The molecule has 0 saturated heterocycles. The molecule has 0 N–H and O–H groups in total. The lowest BCUT2D eigenvalue weighted by molar-refractivity contribution is -0.168. The molecule has 2 aliphatic heterocycles. The van der Waals surface area contributed by atoms with Crippen LogP contribution in [-0.2, 0) is 25.6 Å². The Labute approximate surface area is 252 Å². The molecule has 1 unspecified atom stereocenters. The number of ketones is 1. The van der Waals surface area contributed by atoms with E-state index in [2.05, 4.69) is 4.99 Å². The Bertz CT molecular complexity index is 1400. The van der Waals surface area contributed by atoms with Crippen molar-refractivity contribution < 1.29 is 19.2 Å². The van der Waals surface area contributed by atoms with Crippen molar-refractivity contribution >= 4 is 46.0 Å². The van der Waals surface area contributed by atoms with Crippen LogP contribution in [0.2, 0.25) is 0 Å². The molecule has 2 aromatic carbocycles. The van der Waals surface area contributed by atoms with E-state index in [0.29, 0.717) is 22.8 Å². The molecule has 2 atom stereocenters. The van der Waals surface area contributed by atoms with Gasteiger partial charge in [0.05, 0.1) is 12.2 Å². The van der Waals surface area contributed by atoms with E-state index in [9.17, 15) is 19.2 Å². The molecule has 9 heteroatoms. The molecule has 0 bridgehead atoms. The van der Waals surface area contributed by atoms with Crippen LogP contribution in [0.4, 0.5) is 0 Å². The lowest BCUT2D eigenvalue weighted by Gasteiger charge is -2.47. The zero-order valence-corrected chi connectivity index (χ0v) is 26.2. The number of rotatable bonds is 9. The lowest BCUT2D eigenvalue weighted by atomic mass is 9.96. The molecule has 0 radical (unpaired) electrons. The maximum absolute atomic E-state index is 14.6. The molecule has 0 fully saturated rings. The van der Waals surface area contributed by atoms with E-state index in [4.69, 9.17) is 0 Å². The summed E-state index contributed by atoms with van der Waals surface area (Å²) >= 11 is 1.39. The number of carbonyl (C=O) groups is 4. The second-order valence-electron chi connectivity index (χ2n) is 12.0. The number of hydrogen-bond acceptors (Lipinski definition) is 6. The Morgan fingerprint density at radius 2 is 1.60 bits per heavy atom. The Balaban J connectivity index is 1.92. The van der Waals surface area contributed by atoms with E-state index < -0.39 is 23.9 Å². The third-order valence-corrected chi connectivity index (χ3v) is 8.50. The van der Waals surface area contributed by atoms with E-state index in [1.807, 2.05) is 88.4 Å². The van der Waals surface area contributed by atoms with Crippen LogP contribution in [-0.4, -0.2) is 66.8 Å². The number of amides is 3. The fraction of sp³-hybridized carbons (Fsp3) is 0.424. The van der Waals surface area contributed by atoms with Gasteiger partial charge in [-0.25, -0.2) is 10.0 Å². The summed E-state index contributed by atoms with van der Waals surface area (Å²) in [5.74, 6) is -2.02. The summed E-state index contributed by atoms with van der Waals surface area (Å²) in [6.45, 7) is 13.2. The molecule has 42 heavy (non-hydrogen) atoms. The molecule has 2 aliphatic rings. The van der Waals surface area contributed by atoms with Gasteiger partial charge in [0.15, 0.2) is 0 Å². The van der Waals surface area contributed by atoms with E-state index in [0.717, 1.165) is 5.56 Å². The maximum Gasteiger partial charge on any atom is 0.269 e. The molecule has 2 heterocycles. The van der Waals surface area contributed by atoms with Gasteiger partial charge in [0, 0.05) is 35.8 Å². The van der Waals surface area contributed by atoms with Crippen molar-refractivity contribution in [2.45, 2.75) is 71.7 Å². The first-order valence-electron chi connectivity index (χ1n) is 14.4. The average Bonchev–Trinajstić information content (AvgIpc) is 3.32. The fourth-order valence-electron chi connectivity index (χ4n) is 5.25. The quantitative estimate of drug-likeness (QED) is 0.402. The number of hydrazine groups is 1. The molecular formula is C33H40N4O4S. The van der Waals surface area contributed by atoms with Crippen molar-refractivity contribution in [3.63, 3.8) is 0 Å². The van der Waals surface area contributed by atoms with Gasteiger partial charge in [0.2, 0.25) is 17.6 Å². The Hall–Kier alpha value is -3.72. The summed E-state index contributed by atoms with van der Waals surface area (Å²) in [5.41, 5.74) is 1.84. The first kappa shape index (κ1) is 31.2. The van der Waals surface area contributed by atoms with Crippen LogP contribution < -0.4 is 0 Å². The van der Waals surface area contributed by atoms with Gasteiger partial charge in [-0.2, -0.15) is 0 Å². The van der Waals surface area contributed by atoms with Crippen molar-refractivity contribution in [1.82, 2.24) is 14.9 Å². The lowest BCUT2D eigenvalue weighted by Crippen LogP contribution is -2.64. The topological polar surface area (TPSA) is 90.4 Å². The van der Waals surface area contributed by atoms with Crippen LogP contribution in [0.25, 0.3) is 5.70 Å². The minimum Gasteiger partial charge on any atom is -0.304 e. The zero-order valence-electron chi connectivity index (χ0n) is 25.4. The number of thioether (sulfide) groups is 1. The van der Waals surface area contributed by atoms with Gasteiger partial charge < -0.3 is 4.90 Å². The third-order valence-electron chi connectivity index (χ3n) is 7.30. The molecule has 2 aromatic rings. The molecule has 0 aromatic heterocycles. The van der Waals surface area contributed by atoms with E-state index in [1.54, 1.807) is 20.0 Å². The summed E-state index contributed by atoms with van der Waals surface area (Å²) in [4.78, 5) is 62.0. The molecule has 0 spiro atoms. The van der Waals surface area contributed by atoms with Gasteiger partial charge in [0.25, 0.3) is 5.91 Å². The van der Waals surface area contributed by atoms with Gasteiger partial charge in [-0.05, 0) is 25.3 Å². The maximum atomic E-state index is 14.6. The highest BCUT2D eigenvalue weighted by Gasteiger charge is 2.47. The largest absolute Gasteiger partial charge is 0.304 e. The first-order chi connectivity index (χ1) is 19.8. The minimum absolute atomic E-state index is 0.187. The van der Waals surface area contributed by atoms with Crippen LogP contribution in [0.5, 0.6) is 0 Å². The molecule has 8 nitrogen and oxygen atoms in total. The SMILES string of the molecule is CC(=O)N([C@@H](Cc1ccccc1)C(=O)C1=NCC(C)(C)S1)N1C(=O)C(C(C)C)N(C(=O)C(C)C)C=C1c1ccccc1. The van der Waals surface area contributed by atoms with Crippen LogP contribution in [0.15, 0.2) is 71.9 Å². The summed E-state index contributed by atoms with van der Waals surface area (Å²) < 4.78 is -0.250. The van der Waals surface area contributed by atoms with E-state index in [1.165, 1.54) is 33.6 Å². The molecule has 222 valence electrons. The number of aliphatic imine (C=N–C) groups is 1. The summed E-state index contributed by atoms with van der Waals surface area (Å²) in [6, 6.07) is 16.7. The zero-order chi connectivity index (χ0) is 30.8. The van der Waals surface area contributed by atoms with Crippen LogP contribution >= 0.6 is 11.8 Å². The number of carbonyl (C=O) groups excluding carboxylic acids is 4. The standard InChI is InChI=1S/C33H40N4O4S/c1-21(2)28-32(41)37(27(25-16-12-9-13-17-25)19-35(28)31(40)22(3)4)36(23(5)38)26(18-24-14-10-8-11-15-24)29(39)30-34-20-33(6,7)42-30/h8-17,19,21-22,26,28H,18,20H2,1-7H3/t26-,28?/m0/s1. The number of nitrogens with zero attached hydrogens (tertiary/aromatic N) is 4. The van der Waals surface area contributed by atoms with E-state index in [-0.39, 0.29) is 34.7 Å². The number of Topliss-reactive ketones (excluding diaryl/α,β-unsaturated/α-hetero) is 1. The van der Waals surface area contributed by atoms with Crippen LogP contribution in [0.3, 0.4) is 0 Å². The smallest absolute Gasteiger partial charge is 0.269 e. The molecule has 0 saturated carbocycles. The second kappa shape index (κ2) is 12.7. The predicted octanol–water partition coefficient (Wildman–Crippen LogP) is 5.20. The first-order valence-corrected chi connectivity index (χ1v) is 15.2. The van der Waals surface area contributed by atoms with Crippen LogP contribution in [0.1, 0.15) is 59.6 Å². The highest BCUT2D eigenvalue weighted by molar-refractivity contribution is 8.17. The van der Waals surface area contributed by atoms with Crippen molar-refractivity contribution in [1.29, 1.82) is 0 Å². The predicted molar refractivity (Wildman–Crippen MR) is 167 cm³/mol. The van der Waals surface area contributed by atoms with Gasteiger partial charge in [0.1, 0.15) is 17.1 Å². The summed E-state index contributed by atoms with van der Waals surface area (Å²) in [7, 11) is 0. The highest BCUT2D eigenvalue weighted by Crippen LogP contribution is 2.36. The molecule has 0 aliphatic carbocycles. The molecule has 4 rings (SSSR count). The fourth-order valence-corrected chi connectivity index (χ4v) is 6.27. The Morgan fingerprint density at radius 3 is 2.10 bits per heavy atom. The minimum atomic E-state index is -1.04. The third kappa shape index (κ3) is 6.51. The summed E-state index contributed by atoms with van der Waals surface area (Å²) in [6.07, 6.45) is 1.85. The normalized spacial score (nSPS) is 19.1. The van der Waals surface area contributed by atoms with Crippen LogP contribution in [0, 0.1) is 11.8 Å². The van der Waals surface area contributed by atoms with Crippen molar-refractivity contribution in [3.05, 3.63) is 78.0 Å². The van der Waals surface area contributed by atoms with Crippen molar-refractivity contribution in [2.24, 2.45) is 16.8 Å². The van der Waals surface area contributed by atoms with Gasteiger partial charge in [-0.15, -0.1) is 0 Å². The Kier molecular flexibility index (Phi) is 9.40. The van der Waals surface area contributed by atoms with Gasteiger partial charge >= 0.3 is 0 Å².